The summed E-state index contributed by atoms with van der Waals surface area (Å²) in [5.74, 6) is 0.252. The molecule has 2 aromatic rings. The quantitative estimate of drug-likeness (QED) is 0.596. The minimum atomic E-state index is -0.462. The van der Waals surface area contributed by atoms with Gasteiger partial charge < -0.3 is 13.9 Å². The second-order valence-corrected chi connectivity index (χ2v) is 5.85. The van der Waals surface area contributed by atoms with Crippen LogP contribution in [0.1, 0.15) is 38.9 Å². The summed E-state index contributed by atoms with van der Waals surface area (Å²) in [6.07, 6.45) is 0.208. The third-order valence-corrected chi connectivity index (χ3v) is 3.47. The number of carbonyl (C=O) groups excluding carboxylic acids is 1. The van der Waals surface area contributed by atoms with Gasteiger partial charge in [-0.1, -0.05) is 0 Å². The third-order valence-electron chi connectivity index (χ3n) is 3.47. The molecule has 0 fully saturated rings. The Balaban J connectivity index is 2.17. The number of hydrogen-bond donors (Lipinski definition) is 0. The molecule has 1 aliphatic heterocycles. The molecule has 5 heteroatoms. The maximum absolute atomic E-state index is 11.3. The van der Waals surface area contributed by atoms with Crippen molar-refractivity contribution in [1.29, 1.82) is 0 Å². The van der Waals surface area contributed by atoms with E-state index in [1.54, 1.807) is 12.1 Å². The lowest BCUT2D eigenvalue weighted by atomic mass is 9.91. The Hall–Kier alpha value is -2.30. The average molecular weight is 288 g/mol. The molecule has 1 atom stereocenters. The Bertz CT molecular complexity index is 772. The van der Waals surface area contributed by atoms with E-state index < -0.39 is 11.2 Å². The maximum Gasteiger partial charge on any atom is 0.336 e. The van der Waals surface area contributed by atoms with Gasteiger partial charge in [-0.25, -0.2) is 4.79 Å². The van der Waals surface area contributed by atoms with Crippen LogP contribution in [0.15, 0.2) is 33.5 Å². The van der Waals surface area contributed by atoms with Crippen molar-refractivity contribution in [2.45, 2.75) is 38.9 Å². The molecule has 0 bridgehead atoms. The normalized spacial score (nSPS) is 19.7. The molecule has 0 amide bonds. The van der Waals surface area contributed by atoms with Gasteiger partial charge in [0.2, 0.25) is 0 Å². The molecule has 1 aliphatic rings. The molecule has 3 rings (SSSR count). The summed E-state index contributed by atoms with van der Waals surface area (Å²) < 4.78 is 16.5. The molecule has 1 unspecified atom stereocenters. The smallest absolute Gasteiger partial charge is 0.336 e. The topological polar surface area (TPSA) is 65.7 Å². The molecule has 110 valence electrons. The number of hydrogen-bond acceptors (Lipinski definition) is 5. The first-order chi connectivity index (χ1) is 9.84. The van der Waals surface area contributed by atoms with Crippen LogP contribution in [0.4, 0.5) is 0 Å². The second kappa shape index (κ2) is 4.62. The van der Waals surface area contributed by atoms with Crippen LogP contribution in [0.3, 0.4) is 0 Å². The molecule has 1 aromatic heterocycles. The first-order valence-corrected chi connectivity index (χ1v) is 6.78. The van der Waals surface area contributed by atoms with Crippen LogP contribution in [0.5, 0.6) is 5.75 Å². The van der Waals surface area contributed by atoms with Gasteiger partial charge in [0.15, 0.2) is 0 Å². The van der Waals surface area contributed by atoms with Crippen molar-refractivity contribution in [3.05, 3.63) is 40.2 Å². The maximum atomic E-state index is 11.3. The number of esters is 1. The van der Waals surface area contributed by atoms with Crippen LogP contribution in [0.2, 0.25) is 0 Å². The van der Waals surface area contributed by atoms with Gasteiger partial charge in [0.25, 0.3) is 0 Å². The van der Waals surface area contributed by atoms with Crippen molar-refractivity contribution in [2.24, 2.45) is 0 Å². The zero-order valence-corrected chi connectivity index (χ0v) is 12.1. The van der Waals surface area contributed by atoms with Crippen LogP contribution >= 0.6 is 0 Å². The van der Waals surface area contributed by atoms with Crippen LogP contribution in [-0.2, 0) is 9.53 Å². The Labute approximate surface area is 121 Å². The van der Waals surface area contributed by atoms with Crippen molar-refractivity contribution in [3.8, 4) is 5.75 Å². The highest BCUT2D eigenvalue weighted by molar-refractivity contribution is 5.80. The van der Waals surface area contributed by atoms with E-state index in [1.165, 1.54) is 13.0 Å². The van der Waals surface area contributed by atoms with Gasteiger partial charge in [-0.2, -0.15) is 0 Å². The lowest BCUT2D eigenvalue weighted by molar-refractivity contribution is -0.150. The van der Waals surface area contributed by atoms with Gasteiger partial charge in [0.05, 0.1) is 0 Å². The van der Waals surface area contributed by atoms with Crippen molar-refractivity contribution < 1.29 is 18.7 Å². The highest BCUT2D eigenvalue weighted by Gasteiger charge is 2.36. The van der Waals surface area contributed by atoms with E-state index >= 15 is 0 Å². The van der Waals surface area contributed by atoms with Gasteiger partial charge in [0.1, 0.15) is 23.0 Å². The van der Waals surface area contributed by atoms with Crippen LogP contribution in [0, 0.1) is 0 Å². The minimum Gasteiger partial charge on any atom is -0.487 e. The summed E-state index contributed by atoms with van der Waals surface area (Å²) >= 11 is 0. The van der Waals surface area contributed by atoms with Gasteiger partial charge in [-0.3, -0.25) is 4.79 Å². The molecule has 1 aromatic carbocycles. The Morgan fingerprint density at radius 3 is 2.81 bits per heavy atom. The van der Waals surface area contributed by atoms with E-state index in [9.17, 15) is 9.59 Å². The molecule has 21 heavy (non-hydrogen) atoms. The molecule has 0 spiro atoms. The average Bonchev–Trinajstić information content (AvgIpc) is 2.34. The largest absolute Gasteiger partial charge is 0.487 e. The SMILES string of the molecule is CC(=O)OC1CC(C)(C)Oc2cc3oc(=O)ccc3cc21. The predicted octanol–water partition coefficient (Wildman–Crippen LogP) is 2.96. The third kappa shape index (κ3) is 2.63. The van der Waals surface area contributed by atoms with Crippen molar-refractivity contribution in [2.75, 3.05) is 0 Å². The number of fused-ring (bicyclic) bond motifs is 2. The fraction of sp³-hybridized carbons (Fsp3) is 0.375. The van der Waals surface area contributed by atoms with Gasteiger partial charge in [-0.15, -0.1) is 0 Å². The Morgan fingerprint density at radius 2 is 2.10 bits per heavy atom. The molecular weight excluding hydrogens is 272 g/mol. The first-order valence-electron chi connectivity index (χ1n) is 6.78. The van der Waals surface area contributed by atoms with Crippen molar-refractivity contribution in [1.82, 2.24) is 0 Å². The standard InChI is InChI=1S/C16H16O5/c1-9(17)19-14-8-16(2,3)21-13-7-12-10(6-11(13)14)4-5-15(18)20-12/h4-7,14H,8H2,1-3H3. The highest BCUT2D eigenvalue weighted by atomic mass is 16.6. The monoisotopic (exact) mass is 288 g/mol. The lowest BCUT2D eigenvalue weighted by Gasteiger charge is -2.37. The molecule has 0 radical (unpaired) electrons. The summed E-state index contributed by atoms with van der Waals surface area (Å²) in [6, 6.07) is 6.58. The Morgan fingerprint density at radius 1 is 1.33 bits per heavy atom. The van der Waals surface area contributed by atoms with Gasteiger partial charge >= 0.3 is 11.6 Å². The summed E-state index contributed by atoms with van der Waals surface area (Å²) in [5.41, 5.74) is 0.385. The molecule has 0 saturated heterocycles. The van der Waals surface area contributed by atoms with Crippen LogP contribution < -0.4 is 10.4 Å². The van der Waals surface area contributed by atoms with E-state index in [0.29, 0.717) is 17.8 Å². The highest BCUT2D eigenvalue weighted by Crippen LogP contribution is 2.43. The van der Waals surface area contributed by atoms with Crippen LogP contribution in [-0.4, -0.2) is 11.6 Å². The van der Waals surface area contributed by atoms with E-state index in [4.69, 9.17) is 13.9 Å². The summed E-state index contributed by atoms with van der Waals surface area (Å²) in [6.45, 7) is 5.25. The number of benzene rings is 1. The fourth-order valence-electron chi connectivity index (χ4n) is 2.66. The zero-order chi connectivity index (χ0) is 15.2. The molecule has 5 nitrogen and oxygen atoms in total. The summed E-state index contributed by atoms with van der Waals surface area (Å²) in [5, 5.41) is 0.772. The summed E-state index contributed by atoms with van der Waals surface area (Å²) in [7, 11) is 0. The lowest BCUT2D eigenvalue weighted by Crippen LogP contribution is -2.36. The predicted molar refractivity (Wildman–Crippen MR) is 76.3 cm³/mol. The van der Waals surface area contributed by atoms with Gasteiger partial charge in [-0.05, 0) is 26.0 Å². The first kappa shape index (κ1) is 13.7. The number of carbonyl (C=O) groups is 1. The minimum absolute atomic E-state index is 0.330. The molecular formula is C16H16O5. The molecule has 0 N–H and O–H groups in total. The summed E-state index contributed by atoms with van der Waals surface area (Å²) in [4.78, 5) is 22.6. The molecule has 0 saturated carbocycles. The number of rotatable bonds is 1. The van der Waals surface area contributed by atoms with E-state index in [-0.39, 0.29) is 12.1 Å². The zero-order valence-electron chi connectivity index (χ0n) is 12.1. The fourth-order valence-corrected chi connectivity index (χ4v) is 2.66. The van der Waals surface area contributed by atoms with Gasteiger partial charge in [0, 0.05) is 36.4 Å². The van der Waals surface area contributed by atoms with E-state index in [2.05, 4.69) is 0 Å². The van der Waals surface area contributed by atoms with E-state index in [1.807, 2.05) is 19.9 Å². The number of ether oxygens (including phenoxy) is 2. The molecule has 2 heterocycles. The van der Waals surface area contributed by atoms with Crippen molar-refractivity contribution >= 4 is 16.9 Å². The van der Waals surface area contributed by atoms with E-state index in [0.717, 1.165) is 10.9 Å². The second-order valence-electron chi connectivity index (χ2n) is 5.85. The molecule has 0 aliphatic carbocycles. The van der Waals surface area contributed by atoms with Crippen molar-refractivity contribution in [3.63, 3.8) is 0 Å². The Kier molecular flexibility index (Phi) is 3.01. The van der Waals surface area contributed by atoms with Crippen LogP contribution in [0.25, 0.3) is 11.0 Å².